The minimum atomic E-state index is -3.13. The average molecular weight is 289 g/mol. The Bertz CT molecular complexity index is 441. The van der Waals surface area contributed by atoms with Crippen molar-refractivity contribution < 1.29 is 8.42 Å². The molecule has 1 saturated carbocycles. The van der Waals surface area contributed by atoms with Crippen molar-refractivity contribution in [2.45, 2.75) is 31.7 Å². The van der Waals surface area contributed by atoms with E-state index in [0.29, 0.717) is 25.4 Å². The second kappa shape index (κ2) is 6.60. The summed E-state index contributed by atoms with van der Waals surface area (Å²) >= 11 is 1.55. The van der Waals surface area contributed by atoms with E-state index in [9.17, 15) is 8.42 Å². The molecule has 0 saturated heterocycles. The van der Waals surface area contributed by atoms with E-state index >= 15 is 0 Å². The highest BCUT2D eigenvalue weighted by molar-refractivity contribution is 7.89. The highest BCUT2D eigenvalue weighted by Crippen LogP contribution is 2.18. The van der Waals surface area contributed by atoms with E-state index in [4.69, 9.17) is 0 Å². The van der Waals surface area contributed by atoms with E-state index in [1.165, 1.54) is 12.8 Å². The third-order valence-electron chi connectivity index (χ3n) is 2.74. The molecule has 1 aliphatic rings. The van der Waals surface area contributed by atoms with E-state index in [0.717, 1.165) is 11.6 Å². The molecule has 1 aromatic rings. The van der Waals surface area contributed by atoms with Crippen LogP contribution in [0.4, 0.5) is 0 Å². The normalized spacial score (nSPS) is 16.0. The second-order valence-corrected chi connectivity index (χ2v) is 7.38. The number of thiazole rings is 1. The predicted molar refractivity (Wildman–Crippen MR) is 73.2 cm³/mol. The fourth-order valence-electron chi connectivity index (χ4n) is 1.62. The summed E-state index contributed by atoms with van der Waals surface area (Å²) in [6, 6.07) is 0.644. The summed E-state index contributed by atoms with van der Waals surface area (Å²) in [5.74, 6) is 0.199. The van der Waals surface area contributed by atoms with Crippen LogP contribution in [0.3, 0.4) is 0 Å². The molecule has 1 fully saturated rings. The van der Waals surface area contributed by atoms with E-state index in [1.807, 2.05) is 5.38 Å². The molecule has 0 radical (unpaired) electrons. The maximum absolute atomic E-state index is 11.7. The topological polar surface area (TPSA) is 71.1 Å². The van der Waals surface area contributed by atoms with Gasteiger partial charge in [0.15, 0.2) is 0 Å². The monoisotopic (exact) mass is 289 g/mol. The Labute approximate surface area is 112 Å². The number of hydrogen-bond donors (Lipinski definition) is 2. The van der Waals surface area contributed by atoms with Crippen LogP contribution in [-0.4, -0.2) is 38.3 Å². The summed E-state index contributed by atoms with van der Waals surface area (Å²) in [5, 5.41) is 6.17. The van der Waals surface area contributed by atoms with Gasteiger partial charge in [0, 0.05) is 30.6 Å². The van der Waals surface area contributed by atoms with Crippen LogP contribution in [0, 0.1) is 0 Å². The van der Waals surface area contributed by atoms with Gasteiger partial charge in [0.1, 0.15) is 0 Å². The highest BCUT2D eigenvalue weighted by atomic mass is 32.2. The molecule has 0 spiro atoms. The maximum atomic E-state index is 11.7. The lowest BCUT2D eigenvalue weighted by Crippen LogP contribution is -2.30. The SMILES string of the molecule is O=S(=O)(CCCNC1CC1)NCCc1nccs1. The van der Waals surface area contributed by atoms with Gasteiger partial charge in [-0.1, -0.05) is 0 Å². The van der Waals surface area contributed by atoms with Gasteiger partial charge in [-0.15, -0.1) is 11.3 Å². The fourth-order valence-corrected chi connectivity index (χ4v) is 3.32. The molecule has 0 aliphatic heterocycles. The number of nitrogens with one attached hydrogen (secondary N) is 2. The third kappa shape index (κ3) is 5.43. The van der Waals surface area contributed by atoms with Crippen molar-refractivity contribution in [1.29, 1.82) is 0 Å². The Morgan fingerprint density at radius 1 is 1.39 bits per heavy atom. The molecular formula is C11H19N3O2S2. The largest absolute Gasteiger partial charge is 0.314 e. The Kier molecular flexibility index (Phi) is 5.11. The Hall–Kier alpha value is -0.500. The van der Waals surface area contributed by atoms with Crippen LogP contribution >= 0.6 is 11.3 Å². The van der Waals surface area contributed by atoms with Crippen LogP contribution in [0.15, 0.2) is 11.6 Å². The molecule has 0 aromatic carbocycles. The molecule has 2 rings (SSSR count). The van der Waals surface area contributed by atoms with Gasteiger partial charge in [-0.2, -0.15) is 0 Å². The summed E-state index contributed by atoms with van der Waals surface area (Å²) < 4.78 is 25.9. The van der Waals surface area contributed by atoms with Crippen molar-refractivity contribution in [3.05, 3.63) is 16.6 Å². The molecule has 1 heterocycles. The molecule has 0 amide bonds. The van der Waals surface area contributed by atoms with E-state index < -0.39 is 10.0 Å². The molecule has 5 nitrogen and oxygen atoms in total. The summed E-state index contributed by atoms with van der Waals surface area (Å²) in [4.78, 5) is 4.11. The highest BCUT2D eigenvalue weighted by Gasteiger charge is 2.20. The molecule has 2 N–H and O–H groups in total. The third-order valence-corrected chi connectivity index (χ3v) is 5.05. The number of nitrogens with zero attached hydrogens (tertiary/aromatic N) is 1. The molecule has 102 valence electrons. The molecule has 7 heteroatoms. The first-order valence-corrected chi connectivity index (χ1v) is 8.78. The van der Waals surface area contributed by atoms with E-state index in [-0.39, 0.29) is 5.75 Å². The lowest BCUT2D eigenvalue weighted by molar-refractivity contribution is 0.574. The minimum Gasteiger partial charge on any atom is -0.314 e. The number of sulfonamides is 1. The first kappa shape index (κ1) is 13.9. The molecule has 18 heavy (non-hydrogen) atoms. The van der Waals surface area contributed by atoms with Crippen LogP contribution in [0.5, 0.6) is 0 Å². The van der Waals surface area contributed by atoms with Crippen molar-refractivity contribution in [3.63, 3.8) is 0 Å². The van der Waals surface area contributed by atoms with Crippen molar-refractivity contribution in [2.24, 2.45) is 0 Å². The smallest absolute Gasteiger partial charge is 0.211 e. The molecule has 0 atom stereocenters. The standard InChI is InChI=1S/C11H19N3O2S2/c15-18(16,9-1-5-12-10-2-3-10)14-6-4-11-13-7-8-17-11/h7-8,10,12,14H,1-6,9H2. The van der Waals surface area contributed by atoms with Gasteiger partial charge in [-0.3, -0.25) is 0 Å². The zero-order valence-corrected chi connectivity index (χ0v) is 11.9. The average Bonchev–Trinajstić information content (AvgIpc) is 3.01. The molecule has 1 aliphatic carbocycles. The summed E-state index contributed by atoms with van der Waals surface area (Å²) in [6.07, 6.45) is 5.54. The van der Waals surface area contributed by atoms with Crippen LogP contribution < -0.4 is 10.0 Å². The molecule has 0 bridgehead atoms. The fraction of sp³-hybridized carbons (Fsp3) is 0.727. The molecule has 1 aromatic heterocycles. The van der Waals surface area contributed by atoms with Crippen molar-refractivity contribution in [2.75, 3.05) is 18.8 Å². The predicted octanol–water partition coefficient (Wildman–Crippen LogP) is 0.747. The van der Waals surface area contributed by atoms with Gasteiger partial charge in [0.2, 0.25) is 10.0 Å². The molecular weight excluding hydrogens is 270 g/mol. The summed E-state index contributed by atoms with van der Waals surface area (Å²) in [6.45, 7) is 1.23. The molecule has 0 unspecified atom stereocenters. The van der Waals surface area contributed by atoms with E-state index in [2.05, 4.69) is 15.0 Å². The lowest BCUT2D eigenvalue weighted by Gasteiger charge is -2.06. The first-order chi connectivity index (χ1) is 8.66. The van der Waals surface area contributed by atoms with Crippen molar-refractivity contribution in [1.82, 2.24) is 15.0 Å². The van der Waals surface area contributed by atoms with E-state index in [1.54, 1.807) is 17.5 Å². The summed E-state index contributed by atoms with van der Waals surface area (Å²) in [7, 11) is -3.13. The number of hydrogen-bond acceptors (Lipinski definition) is 5. The first-order valence-electron chi connectivity index (χ1n) is 6.25. The quantitative estimate of drug-likeness (QED) is 0.658. The van der Waals surface area contributed by atoms with Crippen LogP contribution in [-0.2, 0) is 16.4 Å². The van der Waals surface area contributed by atoms with Crippen molar-refractivity contribution >= 4 is 21.4 Å². The second-order valence-electron chi connectivity index (χ2n) is 4.47. The zero-order valence-electron chi connectivity index (χ0n) is 10.3. The Balaban J connectivity index is 1.57. The van der Waals surface area contributed by atoms with Gasteiger partial charge in [0.25, 0.3) is 0 Å². The maximum Gasteiger partial charge on any atom is 0.211 e. The van der Waals surface area contributed by atoms with Gasteiger partial charge < -0.3 is 5.32 Å². The van der Waals surface area contributed by atoms with Gasteiger partial charge >= 0.3 is 0 Å². The van der Waals surface area contributed by atoms with Crippen molar-refractivity contribution in [3.8, 4) is 0 Å². The Morgan fingerprint density at radius 3 is 2.89 bits per heavy atom. The van der Waals surface area contributed by atoms with Crippen LogP contribution in [0.25, 0.3) is 0 Å². The number of aromatic nitrogens is 1. The van der Waals surface area contributed by atoms with Crippen LogP contribution in [0.1, 0.15) is 24.3 Å². The van der Waals surface area contributed by atoms with Crippen LogP contribution in [0.2, 0.25) is 0 Å². The van der Waals surface area contributed by atoms with Gasteiger partial charge in [0.05, 0.1) is 10.8 Å². The Morgan fingerprint density at radius 2 is 2.22 bits per heavy atom. The summed E-state index contributed by atoms with van der Waals surface area (Å²) in [5.41, 5.74) is 0. The number of rotatable bonds is 9. The minimum absolute atomic E-state index is 0.199. The lowest BCUT2D eigenvalue weighted by atomic mass is 10.5. The van der Waals surface area contributed by atoms with Gasteiger partial charge in [-0.25, -0.2) is 18.1 Å². The van der Waals surface area contributed by atoms with Gasteiger partial charge in [-0.05, 0) is 25.8 Å². The zero-order chi connectivity index (χ0) is 12.8.